The molecule has 1 saturated heterocycles. The molecule has 0 spiro atoms. The van der Waals surface area contributed by atoms with Crippen LogP contribution in [-0.4, -0.2) is 36.6 Å². The number of anilines is 2. The molecule has 2 amide bonds. The lowest BCUT2D eigenvalue weighted by molar-refractivity contribution is -0.122. The number of rotatable bonds is 4. The molecule has 7 nitrogen and oxygen atoms in total. The standard InChI is InChI=1S/C22H18FN3O4S/c23-15-3-1-2-4-17(15)26-11-14(10-20(26)27)21(28)25-22-24-16(12-31-22)13-5-6-18-19(9-13)30-8-7-29-18/h1-6,9,12,14H,7-8,10-11H2,(H,24,25,28). The summed E-state index contributed by atoms with van der Waals surface area (Å²) in [6.07, 6.45) is 0.0283. The van der Waals surface area contributed by atoms with Gasteiger partial charge in [-0.15, -0.1) is 11.3 Å². The number of fused-ring (bicyclic) bond motifs is 1. The van der Waals surface area contributed by atoms with Gasteiger partial charge in [-0.1, -0.05) is 12.1 Å². The number of halogens is 1. The van der Waals surface area contributed by atoms with Crippen molar-refractivity contribution in [1.29, 1.82) is 0 Å². The molecule has 2 aromatic carbocycles. The fraction of sp³-hybridized carbons (Fsp3) is 0.227. The van der Waals surface area contributed by atoms with Crippen molar-refractivity contribution in [2.45, 2.75) is 6.42 Å². The average Bonchev–Trinajstić information content (AvgIpc) is 3.40. The van der Waals surface area contributed by atoms with E-state index < -0.39 is 11.7 Å². The number of amides is 2. The molecule has 1 unspecified atom stereocenters. The summed E-state index contributed by atoms with van der Waals surface area (Å²) in [7, 11) is 0. The second-order valence-electron chi connectivity index (χ2n) is 7.24. The minimum atomic E-state index is -0.575. The molecule has 3 aromatic rings. The molecular formula is C22H18FN3O4S. The van der Waals surface area contributed by atoms with Gasteiger partial charge in [-0.2, -0.15) is 0 Å². The second kappa shape index (κ2) is 7.99. The first-order valence-electron chi connectivity index (χ1n) is 9.80. The highest BCUT2D eigenvalue weighted by Crippen LogP contribution is 2.35. The molecule has 1 fully saturated rings. The summed E-state index contributed by atoms with van der Waals surface area (Å²) in [5.74, 6) is -0.282. The fourth-order valence-electron chi connectivity index (χ4n) is 3.66. The summed E-state index contributed by atoms with van der Waals surface area (Å²) in [6, 6.07) is 11.6. The third kappa shape index (κ3) is 3.84. The van der Waals surface area contributed by atoms with Gasteiger partial charge in [0.25, 0.3) is 0 Å². The smallest absolute Gasteiger partial charge is 0.231 e. The Balaban J connectivity index is 1.27. The van der Waals surface area contributed by atoms with E-state index in [4.69, 9.17) is 9.47 Å². The molecule has 1 aromatic heterocycles. The van der Waals surface area contributed by atoms with Crippen LogP contribution < -0.4 is 19.7 Å². The normalized spacial score (nSPS) is 17.6. The number of hydrogen-bond acceptors (Lipinski definition) is 6. The molecule has 1 N–H and O–H groups in total. The van der Waals surface area contributed by atoms with E-state index in [1.165, 1.54) is 28.4 Å². The average molecular weight is 439 g/mol. The van der Waals surface area contributed by atoms with Crippen LogP contribution in [0.2, 0.25) is 0 Å². The molecular weight excluding hydrogens is 421 g/mol. The number of hydrogen-bond donors (Lipinski definition) is 1. The molecule has 0 aliphatic carbocycles. The van der Waals surface area contributed by atoms with Gasteiger partial charge in [-0.05, 0) is 30.3 Å². The van der Waals surface area contributed by atoms with E-state index in [2.05, 4.69) is 10.3 Å². The number of benzene rings is 2. The van der Waals surface area contributed by atoms with Gasteiger partial charge in [-0.3, -0.25) is 9.59 Å². The number of aromatic nitrogens is 1. The lowest BCUT2D eigenvalue weighted by Crippen LogP contribution is -2.28. The van der Waals surface area contributed by atoms with E-state index in [0.29, 0.717) is 35.5 Å². The highest BCUT2D eigenvalue weighted by atomic mass is 32.1. The van der Waals surface area contributed by atoms with E-state index in [1.807, 2.05) is 23.6 Å². The van der Waals surface area contributed by atoms with Crippen molar-refractivity contribution in [3.05, 3.63) is 53.7 Å². The number of ether oxygens (including phenoxy) is 2. The van der Waals surface area contributed by atoms with Crippen molar-refractivity contribution in [2.24, 2.45) is 5.92 Å². The molecule has 1 atom stereocenters. The van der Waals surface area contributed by atoms with Gasteiger partial charge in [0.15, 0.2) is 16.6 Å². The molecule has 9 heteroatoms. The van der Waals surface area contributed by atoms with Gasteiger partial charge in [0, 0.05) is 23.9 Å². The predicted molar refractivity (Wildman–Crippen MR) is 114 cm³/mol. The highest BCUT2D eigenvalue weighted by molar-refractivity contribution is 7.14. The molecule has 158 valence electrons. The van der Waals surface area contributed by atoms with Gasteiger partial charge in [-0.25, -0.2) is 9.37 Å². The largest absolute Gasteiger partial charge is 0.486 e. The summed E-state index contributed by atoms with van der Waals surface area (Å²) in [4.78, 5) is 30.9. The predicted octanol–water partition coefficient (Wildman–Crippen LogP) is 3.71. The first-order chi connectivity index (χ1) is 15.1. The van der Waals surface area contributed by atoms with Crippen molar-refractivity contribution in [1.82, 2.24) is 4.98 Å². The van der Waals surface area contributed by atoms with Crippen LogP contribution >= 0.6 is 11.3 Å². The minimum Gasteiger partial charge on any atom is -0.486 e. The number of para-hydroxylation sites is 1. The Kier molecular flexibility index (Phi) is 5.03. The topological polar surface area (TPSA) is 80.8 Å². The number of nitrogens with zero attached hydrogens (tertiary/aromatic N) is 2. The zero-order valence-electron chi connectivity index (χ0n) is 16.3. The van der Waals surface area contributed by atoms with Crippen molar-refractivity contribution in [3.8, 4) is 22.8 Å². The zero-order valence-corrected chi connectivity index (χ0v) is 17.2. The van der Waals surface area contributed by atoms with E-state index >= 15 is 0 Å². The SMILES string of the molecule is O=C(Nc1nc(-c2ccc3c(c2)OCCO3)cs1)C1CC(=O)N(c2ccccc2F)C1. The van der Waals surface area contributed by atoms with Crippen LogP contribution in [0.3, 0.4) is 0 Å². The Morgan fingerprint density at radius 1 is 1.16 bits per heavy atom. The summed E-state index contributed by atoms with van der Waals surface area (Å²) in [5.41, 5.74) is 1.74. The molecule has 3 heterocycles. The van der Waals surface area contributed by atoms with Crippen LogP contribution in [-0.2, 0) is 9.59 Å². The molecule has 31 heavy (non-hydrogen) atoms. The quantitative estimate of drug-likeness (QED) is 0.670. The third-order valence-corrected chi connectivity index (χ3v) is 5.97. The first-order valence-corrected chi connectivity index (χ1v) is 10.7. The molecule has 0 bridgehead atoms. The van der Waals surface area contributed by atoms with Crippen LogP contribution in [0.15, 0.2) is 47.8 Å². The lowest BCUT2D eigenvalue weighted by atomic mass is 10.1. The Hall–Kier alpha value is -3.46. The van der Waals surface area contributed by atoms with Gasteiger partial charge in [0.1, 0.15) is 19.0 Å². The summed E-state index contributed by atoms with van der Waals surface area (Å²) < 4.78 is 25.2. The van der Waals surface area contributed by atoms with Gasteiger partial charge >= 0.3 is 0 Å². The number of nitrogens with one attached hydrogen (secondary N) is 1. The summed E-state index contributed by atoms with van der Waals surface area (Å²) >= 11 is 1.30. The van der Waals surface area contributed by atoms with E-state index in [9.17, 15) is 14.0 Å². The Labute approximate surface area is 181 Å². The maximum atomic E-state index is 14.0. The summed E-state index contributed by atoms with van der Waals surface area (Å²) in [6.45, 7) is 1.15. The first kappa shape index (κ1) is 19.5. The number of carbonyl (C=O) groups is 2. The van der Waals surface area contributed by atoms with Crippen molar-refractivity contribution in [3.63, 3.8) is 0 Å². The van der Waals surface area contributed by atoms with Gasteiger partial charge in [0.05, 0.1) is 17.3 Å². The maximum Gasteiger partial charge on any atom is 0.231 e. The van der Waals surface area contributed by atoms with Crippen molar-refractivity contribution >= 4 is 34.0 Å². The maximum absolute atomic E-state index is 14.0. The Morgan fingerprint density at radius 3 is 2.81 bits per heavy atom. The Morgan fingerprint density at radius 2 is 1.97 bits per heavy atom. The van der Waals surface area contributed by atoms with Crippen molar-refractivity contribution < 1.29 is 23.5 Å². The zero-order chi connectivity index (χ0) is 21.4. The van der Waals surface area contributed by atoms with Crippen LogP contribution in [0.1, 0.15) is 6.42 Å². The lowest BCUT2D eigenvalue weighted by Gasteiger charge is -2.18. The molecule has 2 aliphatic rings. The summed E-state index contributed by atoms with van der Waals surface area (Å²) in [5, 5.41) is 5.06. The van der Waals surface area contributed by atoms with E-state index in [-0.39, 0.29) is 30.5 Å². The van der Waals surface area contributed by atoms with Gasteiger partial charge < -0.3 is 19.7 Å². The monoisotopic (exact) mass is 439 g/mol. The van der Waals surface area contributed by atoms with Crippen molar-refractivity contribution in [2.75, 3.05) is 30.0 Å². The van der Waals surface area contributed by atoms with Crippen LogP contribution in [0.5, 0.6) is 11.5 Å². The van der Waals surface area contributed by atoms with E-state index in [1.54, 1.807) is 12.1 Å². The fourth-order valence-corrected chi connectivity index (χ4v) is 4.38. The second-order valence-corrected chi connectivity index (χ2v) is 8.10. The van der Waals surface area contributed by atoms with Crippen LogP contribution in [0.4, 0.5) is 15.2 Å². The van der Waals surface area contributed by atoms with Crippen LogP contribution in [0, 0.1) is 11.7 Å². The number of carbonyl (C=O) groups excluding carboxylic acids is 2. The molecule has 0 radical (unpaired) electrons. The Bertz CT molecular complexity index is 1170. The molecule has 5 rings (SSSR count). The minimum absolute atomic E-state index is 0.0283. The molecule has 2 aliphatic heterocycles. The number of thiazole rings is 1. The van der Waals surface area contributed by atoms with Crippen LogP contribution in [0.25, 0.3) is 11.3 Å². The third-order valence-electron chi connectivity index (χ3n) is 5.21. The highest BCUT2D eigenvalue weighted by Gasteiger charge is 2.36. The van der Waals surface area contributed by atoms with E-state index in [0.717, 1.165) is 5.56 Å². The van der Waals surface area contributed by atoms with Gasteiger partial charge in [0.2, 0.25) is 11.8 Å². The molecule has 0 saturated carbocycles.